The van der Waals surface area contributed by atoms with Crippen LogP contribution in [0, 0.1) is 0 Å². The number of carbonyl (C=O) groups excluding carboxylic acids is 2. The molecule has 2 heterocycles. The molecule has 1 saturated carbocycles. The molecule has 0 bridgehead atoms. The van der Waals surface area contributed by atoms with Crippen LogP contribution in [0.1, 0.15) is 30.9 Å². The molecule has 8 heteroatoms. The minimum absolute atomic E-state index is 0.296. The predicted molar refractivity (Wildman–Crippen MR) is 79.7 cm³/mol. The molecule has 3 rings (SSSR count). The number of hydrogen-bond donors (Lipinski definition) is 2. The lowest BCUT2D eigenvalue weighted by Gasteiger charge is -2.26. The smallest absolute Gasteiger partial charge is 0.409 e. The SMILES string of the molecule is Cn1nc(C2CC2)cc1NC(=O)NCCN1CCCOC1=O. The van der Waals surface area contributed by atoms with Gasteiger partial charge in [-0.15, -0.1) is 0 Å². The van der Waals surface area contributed by atoms with Gasteiger partial charge in [0, 0.05) is 38.7 Å². The number of hydrogen-bond acceptors (Lipinski definition) is 4. The maximum absolute atomic E-state index is 11.9. The van der Waals surface area contributed by atoms with Crippen LogP contribution in [0.5, 0.6) is 0 Å². The second-order valence-electron chi connectivity index (χ2n) is 5.69. The third-order valence-corrected chi connectivity index (χ3v) is 3.86. The predicted octanol–water partition coefficient (Wildman–Crippen LogP) is 1.26. The highest BCUT2D eigenvalue weighted by molar-refractivity contribution is 5.88. The molecular weight excluding hydrogens is 286 g/mol. The van der Waals surface area contributed by atoms with E-state index in [1.807, 2.05) is 13.1 Å². The lowest BCUT2D eigenvalue weighted by molar-refractivity contribution is 0.0736. The molecular formula is C14H21N5O3. The molecule has 2 fully saturated rings. The summed E-state index contributed by atoms with van der Waals surface area (Å²) in [6.07, 6.45) is 2.87. The molecule has 2 N–H and O–H groups in total. The summed E-state index contributed by atoms with van der Waals surface area (Å²) in [5, 5.41) is 9.91. The van der Waals surface area contributed by atoms with Gasteiger partial charge in [-0.05, 0) is 19.3 Å². The van der Waals surface area contributed by atoms with Crippen molar-refractivity contribution in [2.24, 2.45) is 7.05 Å². The third-order valence-electron chi connectivity index (χ3n) is 3.86. The van der Waals surface area contributed by atoms with Gasteiger partial charge in [-0.1, -0.05) is 0 Å². The average molecular weight is 307 g/mol. The van der Waals surface area contributed by atoms with E-state index in [-0.39, 0.29) is 12.1 Å². The van der Waals surface area contributed by atoms with E-state index in [9.17, 15) is 9.59 Å². The Kier molecular flexibility index (Phi) is 4.17. The number of nitrogens with one attached hydrogen (secondary N) is 2. The van der Waals surface area contributed by atoms with Gasteiger partial charge in [0.2, 0.25) is 0 Å². The van der Waals surface area contributed by atoms with Crippen LogP contribution in [0.2, 0.25) is 0 Å². The highest BCUT2D eigenvalue weighted by atomic mass is 16.6. The largest absolute Gasteiger partial charge is 0.449 e. The van der Waals surface area contributed by atoms with E-state index in [1.54, 1.807) is 9.58 Å². The van der Waals surface area contributed by atoms with Gasteiger partial charge in [-0.3, -0.25) is 10.00 Å². The number of aromatic nitrogens is 2. The average Bonchev–Trinajstić information content (AvgIpc) is 3.27. The van der Waals surface area contributed by atoms with Gasteiger partial charge < -0.3 is 15.0 Å². The van der Waals surface area contributed by atoms with Crippen molar-refractivity contribution in [2.75, 3.05) is 31.6 Å². The van der Waals surface area contributed by atoms with Crippen LogP contribution in [0.4, 0.5) is 15.4 Å². The molecule has 0 spiro atoms. The molecule has 1 aliphatic heterocycles. The Hall–Kier alpha value is -2.25. The molecule has 120 valence electrons. The Morgan fingerprint density at radius 1 is 1.50 bits per heavy atom. The Labute approximate surface area is 128 Å². The summed E-state index contributed by atoms with van der Waals surface area (Å²) in [5.74, 6) is 1.23. The summed E-state index contributed by atoms with van der Waals surface area (Å²) in [7, 11) is 1.81. The van der Waals surface area contributed by atoms with Crippen LogP contribution in [0.3, 0.4) is 0 Å². The molecule has 0 unspecified atom stereocenters. The topological polar surface area (TPSA) is 88.5 Å². The molecule has 1 saturated heterocycles. The van der Waals surface area contributed by atoms with Gasteiger partial charge >= 0.3 is 12.1 Å². The van der Waals surface area contributed by atoms with Crippen molar-refractivity contribution in [2.45, 2.75) is 25.2 Å². The number of carbonyl (C=O) groups is 2. The number of amides is 3. The van der Waals surface area contributed by atoms with E-state index in [4.69, 9.17) is 4.74 Å². The molecule has 0 aromatic carbocycles. The van der Waals surface area contributed by atoms with Crippen LogP contribution in [0.15, 0.2) is 6.07 Å². The molecule has 22 heavy (non-hydrogen) atoms. The maximum Gasteiger partial charge on any atom is 0.409 e. The number of ether oxygens (including phenoxy) is 1. The highest BCUT2D eigenvalue weighted by Crippen LogP contribution is 2.39. The fourth-order valence-electron chi connectivity index (χ4n) is 2.45. The van der Waals surface area contributed by atoms with Crippen molar-refractivity contribution in [1.82, 2.24) is 20.0 Å². The number of anilines is 1. The monoisotopic (exact) mass is 307 g/mol. The van der Waals surface area contributed by atoms with Crippen LogP contribution < -0.4 is 10.6 Å². The second kappa shape index (κ2) is 6.25. The Morgan fingerprint density at radius 2 is 2.32 bits per heavy atom. The quantitative estimate of drug-likeness (QED) is 0.857. The molecule has 1 aliphatic carbocycles. The van der Waals surface area contributed by atoms with Crippen LogP contribution in [-0.4, -0.2) is 53.0 Å². The first-order valence-corrected chi connectivity index (χ1v) is 7.64. The summed E-state index contributed by atoms with van der Waals surface area (Å²) >= 11 is 0. The normalized spacial score (nSPS) is 18.0. The molecule has 2 aliphatic rings. The number of cyclic esters (lactones) is 1. The van der Waals surface area contributed by atoms with Gasteiger partial charge in [-0.2, -0.15) is 5.10 Å². The van der Waals surface area contributed by atoms with E-state index in [2.05, 4.69) is 15.7 Å². The lowest BCUT2D eigenvalue weighted by atomic mass is 10.3. The highest BCUT2D eigenvalue weighted by Gasteiger charge is 2.27. The molecule has 1 aromatic heterocycles. The van der Waals surface area contributed by atoms with E-state index < -0.39 is 0 Å². The maximum atomic E-state index is 11.9. The zero-order valence-corrected chi connectivity index (χ0v) is 12.7. The van der Waals surface area contributed by atoms with Crippen molar-refractivity contribution in [3.63, 3.8) is 0 Å². The molecule has 0 atom stereocenters. The standard InChI is InChI=1S/C14H21N5O3/c1-18-12(9-11(17-18)10-3-4-10)16-13(20)15-5-7-19-6-2-8-22-14(19)21/h9-10H,2-8H2,1H3,(H2,15,16,20). The van der Waals surface area contributed by atoms with Gasteiger partial charge in [-0.25, -0.2) is 9.59 Å². The van der Waals surface area contributed by atoms with Crippen LogP contribution in [-0.2, 0) is 11.8 Å². The minimum Gasteiger partial charge on any atom is -0.449 e. The number of rotatable bonds is 5. The van der Waals surface area contributed by atoms with Gasteiger partial charge in [0.25, 0.3) is 0 Å². The molecule has 3 amide bonds. The fourth-order valence-corrected chi connectivity index (χ4v) is 2.45. The Balaban J connectivity index is 1.43. The summed E-state index contributed by atoms with van der Waals surface area (Å²) in [5.41, 5.74) is 1.04. The third kappa shape index (κ3) is 3.49. The van der Waals surface area contributed by atoms with Crippen molar-refractivity contribution in [3.05, 3.63) is 11.8 Å². The molecule has 8 nitrogen and oxygen atoms in total. The fraction of sp³-hybridized carbons (Fsp3) is 0.643. The van der Waals surface area contributed by atoms with E-state index in [0.29, 0.717) is 38.0 Å². The zero-order chi connectivity index (χ0) is 15.5. The Bertz CT molecular complexity index is 567. The summed E-state index contributed by atoms with van der Waals surface area (Å²) < 4.78 is 6.61. The van der Waals surface area contributed by atoms with Gasteiger partial charge in [0.15, 0.2) is 0 Å². The van der Waals surface area contributed by atoms with Gasteiger partial charge in [0.1, 0.15) is 5.82 Å². The summed E-state index contributed by atoms with van der Waals surface area (Å²) in [6.45, 7) is 1.99. The van der Waals surface area contributed by atoms with E-state index in [0.717, 1.165) is 12.1 Å². The van der Waals surface area contributed by atoms with Crippen LogP contribution in [0.25, 0.3) is 0 Å². The first kappa shape index (κ1) is 14.7. The minimum atomic E-state index is -0.311. The van der Waals surface area contributed by atoms with Crippen LogP contribution >= 0.6 is 0 Å². The first-order chi connectivity index (χ1) is 10.6. The van der Waals surface area contributed by atoms with Crippen molar-refractivity contribution < 1.29 is 14.3 Å². The molecule has 1 aromatic rings. The first-order valence-electron chi connectivity index (χ1n) is 7.64. The number of aryl methyl sites for hydroxylation is 1. The zero-order valence-electron chi connectivity index (χ0n) is 12.7. The Morgan fingerprint density at radius 3 is 3.05 bits per heavy atom. The summed E-state index contributed by atoms with van der Waals surface area (Å²) in [4.78, 5) is 24.9. The van der Waals surface area contributed by atoms with Crippen molar-refractivity contribution in [3.8, 4) is 0 Å². The summed E-state index contributed by atoms with van der Waals surface area (Å²) in [6, 6.07) is 1.62. The number of nitrogens with zero attached hydrogens (tertiary/aromatic N) is 3. The van der Waals surface area contributed by atoms with E-state index in [1.165, 1.54) is 12.8 Å². The van der Waals surface area contributed by atoms with Gasteiger partial charge in [0.05, 0.1) is 12.3 Å². The van der Waals surface area contributed by atoms with E-state index >= 15 is 0 Å². The van der Waals surface area contributed by atoms with Crippen molar-refractivity contribution >= 4 is 17.9 Å². The van der Waals surface area contributed by atoms with Crippen molar-refractivity contribution in [1.29, 1.82) is 0 Å². The lowest BCUT2D eigenvalue weighted by Crippen LogP contribution is -2.43. The second-order valence-corrected chi connectivity index (χ2v) is 5.69. The number of urea groups is 1. The molecule has 0 radical (unpaired) electrons.